The monoisotopic (exact) mass is 694 g/mol. The minimum absolute atomic E-state index is 0.0961. The van der Waals surface area contributed by atoms with E-state index in [1.54, 1.807) is 39.0 Å². The first-order valence-electron chi connectivity index (χ1n) is 14.1. The molecule has 0 saturated carbocycles. The Hall–Kier alpha value is -3.62. The first-order valence-corrected chi connectivity index (χ1v) is 17.3. The molecule has 244 valence electrons. The van der Waals surface area contributed by atoms with Gasteiger partial charge in [-0.25, -0.2) is 9.37 Å². The van der Waals surface area contributed by atoms with Crippen LogP contribution >= 0.6 is 30.3 Å². The highest BCUT2D eigenvalue weighted by Gasteiger charge is 2.50. The molecular formula is C30H30F3N4O6PS2. The number of alkyl halides is 2. The predicted molar refractivity (Wildman–Crippen MR) is 169 cm³/mol. The van der Waals surface area contributed by atoms with Gasteiger partial charge in [-0.3, -0.25) is 18.9 Å². The maximum atomic E-state index is 14.3. The molecule has 1 aliphatic heterocycles. The van der Waals surface area contributed by atoms with Crippen molar-refractivity contribution in [3.8, 4) is 10.4 Å². The summed E-state index contributed by atoms with van der Waals surface area (Å²) < 4.78 is 54.5. The summed E-state index contributed by atoms with van der Waals surface area (Å²) >= 11 is 2.06. The van der Waals surface area contributed by atoms with Crippen LogP contribution in [-0.4, -0.2) is 56.0 Å². The molecule has 1 unspecified atom stereocenters. The van der Waals surface area contributed by atoms with Gasteiger partial charge in [0.15, 0.2) is 5.13 Å². The van der Waals surface area contributed by atoms with Crippen molar-refractivity contribution in [2.24, 2.45) is 5.41 Å². The van der Waals surface area contributed by atoms with E-state index in [9.17, 15) is 32.1 Å². The number of rotatable bonds is 8. The van der Waals surface area contributed by atoms with Crippen molar-refractivity contribution in [2.45, 2.75) is 51.4 Å². The number of amides is 3. The van der Waals surface area contributed by atoms with E-state index in [1.807, 2.05) is 0 Å². The van der Waals surface area contributed by atoms with Gasteiger partial charge in [0, 0.05) is 28.6 Å². The number of carbonyl (C=O) groups excluding carboxylic acids is 3. The summed E-state index contributed by atoms with van der Waals surface area (Å²) in [6, 6.07) is 8.66. The smallest absolute Gasteiger partial charge is 0.339 e. The minimum atomic E-state index is -5.78. The van der Waals surface area contributed by atoms with Crippen molar-refractivity contribution >= 4 is 63.2 Å². The molecule has 0 bridgehead atoms. The van der Waals surface area contributed by atoms with E-state index in [0.717, 1.165) is 34.8 Å². The topological polar surface area (TPSA) is 149 Å². The van der Waals surface area contributed by atoms with Gasteiger partial charge in [0.05, 0.1) is 9.75 Å². The minimum Gasteiger partial charge on any atom is -0.339 e. The van der Waals surface area contributed by atoms with E-state index >= 15 is 0 Å². The molecule has 46 heavy (non-hydrogen) atoms. The first kappa shape index (κ1) is 33.7. The number of thiophene rings is 1. The van der Waals surface area contributed by atoms with Crippen LogP contribution in [0, 0.1) is 11.2 Å². The Bertz CT molecular complexity index is 1870. The average molecular weight is 695 g/mol. The summed E-state index contributed by atoms with van der Waals surface area (Å²) in [5.74, 6) is -2.02. The number of hydrogen-bond acceptors (Lipinski definition) is 7. The van der Waals surface area contributed by atoms with Gasteiger partial charge in [-0.1, -0.05) is 56.4 Å². The predicted octanol–water partition coefficient (Wildman–Crippen LogP) is 6.17. The van der Waals surface area contributed by atoms with E-state index in [0.29, 0.717) is 28.0 Å². The van der Waals surface area contributed by atoms with E-state index < -0.39 is 59.9 Å². The first-order chi connectivity index (χ1) is 21.5. The van der Waals surface area contributed by atoms with Crippen molar-refractivity contribution in [1.29, 1.82) is 0 Å². The van der Waals surface area contributed by atoms with Gasteiger partial charge in [0.1, 0.15) is 17.9 Å². The average Bonchev–Trinajstić information content (AvgIpc) is 3.74. The van der Waals surface area contributed by atoms with Gasteiger partial charge < -0.3 is 25.3 Å². The van der Waals surface area contributed by atoms with E-state index in [4.69, 9.17) is 9.79 Å². The molecule has 16 heteroatoms. The van der Waals surface area contributed by atoms with E-state index in [-0.39, 0.29) is 21.9 Å². The summed E-state index contributed by atoms with van der Waals surface area (Å²) in [5.41, 5.74) is -5.74. The lowest BCUT2D eigenvalue weighted by atomic mass is 9.85. The molecule has 5 rings (SSSR count). The van der Waals surface area contributed by atoms with Gasteiger partial charge in [-0.15, -0.1) is 11.3 Å². The Morgan fingerprint density at radius 1 is 1.09 bits per heavy atom. The number of nitrogens with one attached hydrogen (secondary N) is 2. The molecule has 10 nitrogen and oxygen atoms in total. The molecular weight excluding hydrogens is 664 g/mol. The molecule has 1 aliphatic rings. The summed E-state index contributed by atoms with van der Waals surface area (Å²) in [5, 5.41) is 5.89. The Balaban J connectivity index is 1.32. The second-order valence-corrected chi connectivity index (χ2v) is 15.7. The van der Waals surface area contributed by atoms with E-state index in [1.165, 1.54) is 29.3 Å². The largest absolute Gasteiger partial charge is 0.399 e. The Labute approximate surface area is 269 Å². The SMILES string of the molecule is CC(C)(C)C(NC(=O)c1cc2cc(C(F)(F)P(=O)(O)O)ccc2s1)C(=O)N1CCC[C@H]1C(=O)Nc1ncc(-c2ccccc2F)s1. The Kier molecular flexibility index (Phi) is 9.19. The molecule has 2 aromatic heterocycles. The zero-order valence-electron chi connectivity index (χ0n) is 24.8. The Morgan fingerprint density at radius 2 is 1.80 bits per heavy atom. The fraction of sp³-hybridized carbons (Fsp3) is 0.333. The highest BCUT2D eigenvalue weighted by Crippen LogP contribution is 2.59. The molecule has 2 atom stereocenters. The fourth-order valence-electron chi connectivity index (χ4n) is 5.14. The highest BCUT2D eigenvalue weighted by molar-refractivity contribution is 7.52. The molecule has 0 spiro atoms. The van der Waals surface area contributed by atoms with Crippen molar-refractivity contribution in [3.05, 3.63) is 71.0 Å². The number of nitrogens with zero attached hydrogens (tertiary/aromatic N) is 2. The number of fused-ring (bicyclic) bond motifs is 1. The molecule has 3 amide bonds. The molecule has 1 fully saturated rings. The summed E-state index contributed by atoms with van der Waals surface area (Å²) in [7, 11) is -5.78. The zero-order valence-corrected chi connectivity index (χ0v) is 27.3. The van der Waals surface area contributed by atoms with Gasteiger partial charge in [-0.2, -0.15) is 8.78 Å². The third-order valence-corrected chi connectivity index (χ3v) is 10.6. The lowest BCUT2D eigenvalue weighted by Gasteiger charge is -2.35. The van der Waals surface area contributed by atoms with Gasteiger partial charge in [0.25, 0.3) is 5.91 Å². The van der Waals surface area contributed by atoms with Crippen LogP contribution in [0.15, 0.2) is 54.7 Å². The maximum absolute atomic E-state index is 14.3. The molecule has 3 heterocycles. The molecule has 0 radical (unpaired) electrons. The van der Waals surface area contributed by atoms with E-state index in [2.05, 4.69) is 15.6 Å². The van der Waals surface area contributed by atoms with Gasteiger partial charge >= 0.3 is 13.3 Å². The van der Waals surface area contributed by atoms with Crippen LogP contribution in [-0.2, 0) is 19.8 Å². The lowest BCUT2D eigenvalue weighted by Crippen LogP contribution is -2.57. The number of halogens is 3. The second kappa shape index (κ2) is 12.5. The second-order valence-electron chi connectivity index (χ2n) is 11.9. The maximum Gasteiger partial charge on any atom is 0.399 e. The third-order valence-electron chi connectivity index (χ3n) is 7.56. The Morgan fingerprint density at radius 3 is 2.48 bits per heavy atom. The van der Waals surface area contributed by atoms with Crippen LogP contribution in [0.25, 0.3) is 20.5 Å². The molecule has 4 N–H and O–H groups in total. The lowest BCUT2D eigenvalue weighted by molar-refractivity contribution is -0.140. The van der Waals surface area contributed by atoms with Crippen molar-refractivity contribution in [2.75, 3.05) is 11.9 Å². The van der Waals surface area contributed by atoms with Crippen LogP contribution in [0.1, 0.15) is 48.8 Å². The summed E-state index contributed by atoms with van der Waals surface area (Å²) in [6.45, 7) is 5.53. The third kappa shape index (κ3) is 6.74. The van der Waals surface area contributed by atoms with Crippen LogP contribution < -0.4 is 10.6 Å². The number of likely N-dealkylation sites (tertiary alicyclic amines) is 1. The molecule has 4 aromatic rings. The number of hydrogen-bond donors (Lipinski definition) is 4. The van der Waals surface area contributed by atoms with Crippen molar-refractivity contribution in [3.63, 3.8) is 0 Å². The zero-order chi connectivity index (χ0) is 33.6. The molecule has 2 aromatic carbocycles. The normalized spacial score (nSPS) is 16.4. The standard InChI is InChI=1S/C30H30F3N4O6PS2/c1-29(2,3)24(35-26(39)22-14-16-13-17(10-11-21(16)45-22)30(32,33)44(41,42)43)27(40)37-12-6-9-20(37)25(38)36-28-34-15-23(46-28)18-7-4-5-8-19(18)31/h4-5,7-8,10-11,13-15,20,24H,6,9,12H2,1-3H3,(H,35,39)(H,34,36,38)(H2,41,42,43)/t20-,24?/m0/s1. The van der Waals surface area contributed by atoms with Crippen molar-refractivity contribution < 1.29 is 41.9 Å². The van der Waals surface area contributed by atoms with Gasteiger partial charge in [0.2, 0.25) is 11.8 Å². The summed E-state index contributed by atoms with van der Waals surface area (Å²) in [6.07, 6.45) is 2.39. The van der Waals surface area contributed by atoms with Crippen molar-refractivity contribution in [1.82, 2.24) is 15.2 Å². The number of aromatic nitrogens is 1. The van der Waals surface area contributed by atoms with Crippen LogP contribution in [0.5, 0.6) is 0 Å². The van der Waals surface area contributed by atoms with Crippen LogP contribution in [0.2, 0.25) is 0 Å². The number of anilines is 1. The number of benzene rings is 2. The van der Waals surface area contributed by atoms with Crippen LogP contribution in [0.4, 0.5) is 18.3 Å². The number of carbonyl (C=O) groups is 3. The highest BCUT2D eigenvalue weighted by atomic mass is 32.1. The molecule has 0 aliphatic carbocycles. The summed E-state index contributed by atoms with van der Waals surface area (Å²) in [4.78, 5) is 65.0. The van der Waals surface area contributed by atoms with Crippen LogP contribution in [0.3, 0.4) is 0 Å². The molecule has 1 saturated heterocycles. The fourth-order valence-corrected chi connectivity index (χ4v) is 7.40. The quantitative estimate of drug-likeness (QED) is 0.161. The number of thiazole rings is 1. The van der Waals surface area contributed by atoms with Gasteiger partial charge in [-0.05, 0) is 47.9 Å².